The molecule has 24 heavy (non-hydrogen) atoms. The molecule has 0 bridgehead atoms. The Labute approximate surface area is 143 Å². The number of aromatic nitrogens is 2. The molecular formula is C19H24N4O. The molecule has 2 fully saturated rings. The molecule has 1 unspecified atom stereocenters. The van der Waals surface area contributed by atoms with Crippen molar-refractivity contribution in [1.29, 1.82) is 0 Å². The molecular weight excluding hydrogens is 300 g/mol. The number of nitrogens with zero attached hydrogens (tertiary/aromatic N) is 3. The molecule has 0 radical (unpaired) electrons. The summed E-state index contributed by atoms with van der Waals surface area (Å²) in [5.74, 6) is 3.49. The molecule has 1 aromatic carbocycles. The molecule has 126 valence electrons. The van der Waals surface area contributed by atoms with Crippen molar-refractivity contribution < 1.29 is 4.74 Å². The SMILES string of the molecule is COc1ccc(CN2CCC(Nc3ccnc(C4CC4)n3)C2)cc1. The molecule has 2 aliphatic rings. The van der Waals surface area contributed by atoms with E-state index in [1.807, 2.05) is 24.4 Å². The summed E-state index contributed by atoms with van der Waals surface area (Å²) in [6.45, 7) is 3.15. The molecule has 0 amide bonds. The average Bonchev–Trinajstić information content (AvgIpc) is 3.38. The van der Waals surface area contributed by atoms with E-state index in [2.05, 4.69) is 32.3 Å². The number of methoxy groups -OCH3 is 1. The van der Waals surface area contributed by atoms with Gasteiger partial charge in [0.05, 0.1) is 7.11 Å². The quantitative estimate of drug-likeness (QED) is 0.885. The normalized spacial score (nSPS) is 21.0. The fourth-order valence-electron chi connectivity index (χ4n) is 3.28. The second-order valence-corrected chi connectivity index (χ2v) is 6.79. The number of hydrogen-bond acceptors (Lipinski definition) is 5. The van der Waals surface area contributed by atoms with Crippen LogP contribution in [0.3, 0.4) is 0 Å². The lowest BCUT2D eigenvalue weighted by Crippen LogP contribution is -2.26. The zero-order valence-electron chi connectivity index (χ0n) is 14.1. The summed E-state index contributed by atoms with van der Waals surface area (Å²) < 4.78 is 5.22. The van der Waals surface area contributed by atoms with Crippen LogP contribution in [-0.2, 0) is 6.54 Å². The van der Waals surface area contributed by atoms with E-state index in [0.717, 1.165) is 43.4 Å². The molecule has 2 heterocycles. The van der Waals surface area contributed by atoms with Crippen LogP contribution < -0.4 is 10.1 Å². The first-order valence-electron chi connectivity index (χ1n) is 8.75. The Morgan fingerprint density at radius 3 is 2.75 bits per heavy atom. The highest BCUT2D eigenvalue weighted by Crippen LogP contribution is 2.38. The lowest BCUT2D eigenvalue weighted by atomic mass is 10.2. The maximum absolute atomic E-state index is 5.22. The molecule has 1 aromatic heterocycles. The van der Waals surface area contributed by atoms with Crippen molar-refractivity contribution in [3.8, 4) is 5.75 Å². The van der Waals surface area contributed by atoms with Crippen molar-refractivity contribution in [2.45, 2.75) is 37.8 Å². The zero-order valence-corrected chi connectivity index (χ0v) is 14.1. The van der Waals surface area contributed by atoms with Gasteiger partial charge >= 0.3 is 0 Å². The van der Waals surface area contributed by atoms with Crippen LogP contribution in [0.5, 0.6) is 5.75 Å². The summed E-state index contributed by atoms with van der Waals surface area (Å²) in [6, 6.07) is 10.8. The van der Waals surface area contributed by atoms with Crippen LogP contribution >= 0.6 is 0 Å². The lowest BCUT2D eigenvalue weighted by Gasteiger charge is -2.17. The van der Waals surface area contributed by atoms with Crippen LogP contribution in [0.4, 0.5) is 5.82 Å². The van der Waals surface area contributed by atoms with Gasteiger partial charge in [-0.3, -0.25) is 4.90 Å². The van der Waals surface area contributed by atoms with Gasteiger partial charge in [0.15, 0.2) is 0 Å². The van der Waals surface area contributed by atoms with Crippen molar-refractivity contribution in [2.75, 3.05) is 25.5 Å². The number of anilines is 1. The Kier molecular flexibility index (Phi) is 4.34. The molecule has 1 aliphatic carbocycles. The molecule has 5 heteroatoms. The van der Waals surface area contributed by atoms with E-state index in [4.69, 9.17) is 4.74 Å². The van der Waals surface area contributed by atoms with Gasteiger partial charge in [-0.2, -0.15) is 0 Å². The van der Waals surface area contributed by atoms with Crippen LogP contribution in [0.25, 0.3) is 0 Å². The molecule has 2 aromatic rings. The summed E-state index contributed by atoms with van der Waals surface area (Å²) in [5.41, 5.74) is 1.33. The molecule has 1 saturated heterocycles. The third kappa shape index (κ3) is 3.67. The Hall–Kier alpha value is -2.14. The zero-order chi connectivity index (χ0) is 16.4. The smallest absolute Gasteiger partial charge is 0.133 e. The van der Waals surface area contributed by atoms with Crippen molar-refractivity contribution in [1.82, 2.24) is 14.9 Å². The second kappa shape index (κ2) is 6.77. The Morgan fingerprint density at radius 1 is 1.17 bits per heavy atom. The minimum Gasteiger partial charge on any atom is -0.497 e. The first-order valence-corrected chi connectivity index (χ1v) is 8.75. The van der Waals surface area contributed by atoms with Crippen LogP contribution in [0.1, 0.15) is 36.6 Å². The first-order chi connectivity index (χ1) is 11.8. The summed E-state index contributed by atoms with van der Waals surface area (Å²) in [7, 11) is 1.70. The number of hydrogen-bond donors (Lipinski definition) is 1. The summed E-state index contributed by atoms with van der Waals surface area (Å²) in [4.78, 5) is 11.5. The minimum absolute atomic E-state index is 0.463. The highest BCUT2D eigenvalue weighted by atomic mass is 16.5. The summed E-state index contributed by atoms with van der Waals surface area (Å²) >= 11 is 0. The molecule has 0 spiro atoms. The van der Waals surface area contributed by atoms with E-state index < -0.39 is 0 Å². The van der Waals surface area contributed by atoms with Crippen LogP contribution in [0, 0.1) is 0 Å². The van der Waals surface area contributed by atoms with Crippen molar-refractivity contribution in [3.05, 3.63) is 47.9 Å². The van der Waals surface area contributed by atoms with Crippen LogP contribution in [0.15, 0.2) is 36.5 Å². The predicted molar refractivity (Wildman–Crippen MR) is 94.3 cm³/mol. The van der Waals surface area contributed by atoms with Crippen LogP contribution in [0.2, 0.25) is 0 Å². The number of nitrogens with one attached hydrogen (secondary N) is 1. The Bertz CT molecular complexity index is 684. The predicted octanol–water partition coefficient (Wildman–Crippen LogP) is 3.05. The largest absolute Gasteiger partial charge is 0.497 e. The van der Waals surface area contributed by atoms with E-state index >= 15 is 0 Å². The monoisotopic (exact) mass is 324 g/mol. The number of rotatable bonds is 6. The van der Waals surface area contributed by atoms with Crippen molar-refractivity contribution in [2.24, 2.45) is 0 Å². The molecule has 1 atom stereocenters. The molecule has 1 aliphatic heterocycles. The van der Waals surface area contributed by atoms with E-state index in [-0.39, 0.29) is 0 Å². The van der Waals surface area contributed by atoms with E-state index in [1.54, 1.807) is 7.11 Å². The van der Waals surface area contributed by atoms with Gasteiger partial charge in [0.25, 0.3) is 0 Å². The van der Waals surface area contributed by atoms with Gasteiger partial charge < -0.3 is 10.1 Å². The van der Waals surface area contributed by atoms with Crippen LogP contribution in [-0.4, -0.2) is 41.1 Å². The molecule has 4 rings (SSSR count). The fraction of sp³-hybridized carbons (Fsp3) is 0.474. The number of benzene rings is 1. The third-order valence-corrected chi connectivity index (χ3v) is 4.81. The van der Waals surface area contributed by atoms with E-state index in [9.17, 15) is 0 Å². The summed E-state index contributed by atoms with van der Waals surface area (Å²) in [6.07, 6.45) is 5.51. The minimum atomic E-state index is 0.463. The van der Waals surface area contributed by atoms with Gasteiger partial charge in [-0.25, -0.2) is 9.97 Å². The average molecular weight is 324 g/mol. The van der Waals surface area contributed by atoms with Gasteiger partial charge in [-0.1, -0.05) is 12.1 Å². The standard InChI is InChI=1S/C19H24N4O/c1-24-17-6-2-14(3-7-17)12-23-11-9-16(13-23)21-18-8-10-20-19(22-18)15-4-5-15/h2-3,6-8,10,15-16H,4-5,9,11-13H2,1H3,(H,20,21,22). The van der Waals surface area contributed by atoms with E-state index in [0.29, 0.717) is 12.0 Å². The third-order valence-electron chi connectivity index (χ3n) is 4.81. The van der Waals surface area contributed by atoms with Gasteiger partial charge in [-0.05, 0) is 43.0 Å². The van der Waals surface area contributed by atoms with Gasteiger partial charge in [0.2, 0.25) is 0 Å². The number of ether oxygens (including phenoxy) is 1. The number of likely N-dealkylation sites (tertiary alicyclic amines) is 1. The van der Waals surface area contributed by atoms with Gasteiger partial charge in [-0.15, -0.1) is 0 Å². The summed E-state index contributed by atoms with van der Waals surface area (Å²) in [5, 5.41) is 3.59. The fourth-order valence-corrected chi connectivity index (χ4v) is 3.28. The maximum Gasteiger partial charge on any atom is 0.133 e. The Balaban J connectivity index is 1.31. The molecule has 1 saturated carbocycles. The van der Waals surface area contributed by atoms with Crippen molar-refractivity contribution >= 4 is 5.82 Å². The molecule has 1 N–H and O–H groups in total. The molecule has 5 nitrogen and oxygen atoms in total. The topological polar surface area (TPSA) is 50.3 Å². The second-order valence-electron chi connectivity index (χ2n) is 6.79. The lowest BCUT2D eigenvalue weighted by molar-refractivity contribution is 0.328. The highest BCUT2D eigenvalue weighted by Gasteiger charge is 2.27. The Morgan fingerprint density at radius 2 is 2.00 bits per heavy atom. The van der Waals surface area contributed by atoms with E-state index in [1.165, 1.54) is 18.4 Å². The van der Waals surface area contributed by atoms with Gasteiger partial charge in [0.1, 0.15) is 17.4 Å². The van der Waals surface area contributed by atoms with Crippen molar-refractivity contribution in [3.63, 3.8) is 0 Å². The maximum atomic E-state index is 5.22. The van der Waals surface area contributed by atoms with Gasteiger partial charge in [0, 0.05) is 37.8 Å². The first kappa shape index (κ1) is 15.4. The highest BCUT2D eigenvalue weighted by molar-refractivity contribution is 5.36.